The van der Waals surface area contributed by atoms with Gasteiger partial charge < -0.3 is 10.1 Å². The van der Waals surface area contributed by atoms with Crippen molar-refractivity contribution in [1.82, 2.24) is 5.32 Å². The Labute approximate surface area is 117 Å². The van der Waals surface area contributed by atoms with Crippen LogP contribution < -0.4 is 5.32 Å². The minimum atomic E-state index is 0.431. The molecule has 0 saturated heterocycles. The zero-order valence-corrected chi connectivity index (χ0v) is 12.5. The summed E-state index contributed by atoms with van der Waals surface area (Å²) >= 11 is 0. The Balaban J connectivity index is 1.97. The van der Waals surface area contributed by atoms with Crippen molar-refractivity contribution in [3.8, 4) is 0 Å². The molecule has 0 amide bonds. The lowest BCUT2D eigenvalue weighted by molar-refractivity contribution is 0.150. The standard InChI is InChI=1S/C17H27NO/c1-13(12-19-3)11-17(18-2)16-9-7-15(8-10-16)14-5-4-6-14/h7-10,13-14,17-18H,4-6,11-12H2,1-3H3. The SMILES string of the molecule is CNC(CC(C)COC)c1ccc(C2CCC2)cc1. The Morgan fingerprint density at radius 2 is 1.95 bits per heavy atom. The Hall–Kier alpha value is -0.860. The largest absolute Gasteiger partial charge is 0.384 e. The van der Waals surface area contributed by atoms with Gasteiger partial charge in [0, 0.05) is 19.8 Å². The number of ether oxygens (including phenoxy) is 1. The predicted molar refractivity (Wildman–Crippen MR) is 80.5 cm³/mol. The van der Waals surface area contributed by atoms with Gasteiger partial charge in [0.15, 0.2) is 0 Å². The fourth-order valence-electron chi connectivity index (χ4n) is 2.92. The molecule has 1 aromatic carbocycles. The summed E-state index contributed by atoms with van der Waals surface area (Å²) < 4.78 is 5.23. The van der Waals surface area contributed by atoms with Crippen molar-refractivity contribution in [1.29, 1.82) is 0 Å². The van der Waals surface area contributed by atoms with Gasteiger partial charge in [-0.3, -0.25) is 0 Å². The molecular formula is C17H27NO. The lowest BCUT2D eigenvalue weighted by Crippen LogP contribution is -2.21. The van der Waals surface area contributed by atoms with E-state index in [9.17, 15) is 0 Å². The van der Waals surface area contributed by atoms with Crippen LogP contribution in [0.3, 0.4) is 0 Å². The molecule has 19 heavy (non-hydrogen) atoms. The van der Waals surface area contributed by atoms with Crippen molar-refractivity contribution >= 4 is 0 Å². The van der Waals surface area contributed by atoms with Gasteiger partial charge in [-0.1, -0.05) is 37.6 Å². The highest BCUT2D eigenvalue weighted by Crippen LogP contribution is 2.36. The van der Waals surface area contributed by atoms with Crippen LogP contribution in [0.25, 0.3) is 0 Å². The highest BCUT2D eigenvalue weighted by molar-refractivity contribution is 5.28. The van der Waals surface area contributed by atoms with E-state index in [0.717, 1.165) is 18.9 Å². The van der Waals surface area contributed by atoms with Crippen LogP contribution >= 0.6 is 0 Å². The molecule has 0 heterocycles. The average Bonchev–Trinajstić information content (AvgIpc) is 2.35. The molecule has 2 rings (SSSR count). The number of benzene rings is 1. The van der Waals surface area contributed by atoms with E-state index < -0.39 is 0 Å². The zero-order chi connectivity index (χ0) is 13.7. The van der Waals surface area contributed by atoms with Crippen molar-refractivity contribution in [2.75, 3.05) is 20.8 Å². The Morgan fingerprint density at radius 1 is 1.26 bits per heavy atom. The van der Waals surface area contributed by atoms with E-state index in [4.69, 9.17) is 4.74 Å². The number of hydrogen-bond donors (Lipinski definition) is 1. The van der Waals surface area contributed by atoms with Crippen LogP contribution in [0.1, 0.15) is 55.7 Å². The molecule has 0 aliphatic heterocycles. The maximum Gasteiger partial charge on any atom is 0.0488 e. The third kappa shape index (κ3) is 3.80. The quantitative estimate of drug-likeness (QED) is 0.804. The highest BCUT2D eigenvalue weighted by Gasteiger charge is 2.20. The van der Waals surface area contributed by atoms with Crippen LogP contribution in [0.5, 0.6) is 0 Å². The number of nitrogens with one attached hydrogen (secondary N) is 1. The first-order valence-corrected chi connectivity index (χ1v) is 7.50. The van der Waals surface area contributed by atoms with Crippen molar-refractivity contribution in [3.05, 3.63) is 35.4 Å². The van der Waals surface area contributed by atoms with Crippen LogP contribution in [-0.4, -0.2) is 20.8 Å². The van der Waals surface area contributed by atoms with Crippen LogP contribution in [-0.2, 0) is 4.74 Å². The number of methoxy groups -OCH3 is 1. The van der Waals surface area contributed by atoms with Crippen LogP contribution in [0.4, 0.5) is 0 Å². The summed E-state index contributed by atoms with van der Waals surface area (Å²) in [5.41, 5.74) is 2.92. The molecule has 1 aliphatic rings. The monoisotopic (exact) mass is 261 g/mol. The Morgan fingerprint density at radius 3 is 2.42 bits per heavy atom. The van der Waals surface area contributed by atoms with Gasteiger partial charge in [0.2, 0.25) is 0 Å². The van der Waals surface area contributed by atoms with E-state index in [1.54, 1.807) is 7.11 Å². The van der Waals surface area contributed by atoms with Gasteiger partial charge in [-0.2, -0.15) is 0 Å². The van der Waals surface area contributed by atoms with E-state index in [0.29, 0.717) is 12.0 Å². The summed E-state index contributed by atoms with van der Waals surface area (Å²) in [4.78, 5) is 0. The predicted octanol–water partition coefficient (Wildman–Crippen LogP) is 3.89. The van der Waals surface area contributed by atoms with Gasteiger partial charge in [-0.15, -0.1) is 0 Å². The van der Waals surface area contributed by atoms with Gasteiger partial charge in [-0.05, 0) is 49.3 Å². The molecule has 2 atom stereocenters. The van der Waals surface area contributed by atoms with Gasteiger partial charge in [0.1, 0.15) is 0 Å². The van der Waals surface area contributed by atoms with E-state index in [1.807, 2.05) is 7.05 Å². The molecule has 0 spiro atoms. The molecule has 0 radical (unpaired) electrons. The fourth-order valence-corrected chi connectivity index (χ4v) is 2.92. The molecule has 1 saturated carbocycles. The van der Waals surface area contributed by atoms with Crippen LogP contribution in [0, 0.1) is 5.92 Å². The summed E-state index contributed by atoms with van der Waals surface area (Å²) in [7, 11) is 3.82. The minimum absolute atomic E-state index is 0.431. The first-order chi connectivity index (χ1) is 9.24. The van der Waals surface area contributed by atoms with E-state index in [2.05, 4.69) is 36.5 Å². The summed E-state index contributed by atoms with van der Waals surface area (Å²) in [5.74, 6) is 1.41. The summed E-state index contributed by atoms with van der Waals surface area (Å²) in [6.45, 7) is 3.08. The third-order valence-corrected chi connectivity index (χ3v) is 4.35. The smallest absolute Gasteiger partial charge is 0.0488 e. The lowest BCUT2D eigenvalue weighted by atomic mass is 9.79. The molecule has 0 aromatic heterocycles. The van der Waals surface area contributed by atoms with E-state index in [1.165, 1.54) is 30.4 Å². The van der Waals surface area contributed by atoms with Crippen molar-refractivity contribution < 1.29 is 4.74 Å². The third-order valence-electron chi connectivity index (χ3n) is 4.35. The molecule has 2 nitrogen and oxygen atoms in total. The average molecular weight is 261 g/mol. The van der Waals surface area contributed by atoms with E-state index >= 15 is 0 Å². The Bertz CT molecular complexity index is 369. The molecule has 1 fully saturated rings. The zero-order valence-electron chi connectivity index (χ0n) is 12.5. The summed E-state index contributed by atoms with van der Waals surface area (Å²) in [6, 6.07) is 9.68. The van der Waals surface area contributed by atoms with Crippen LogP contribution in [0.2, 0.25) is 0 Å². The molecule has 2 unspecified atom stereocenters. The highest BCUT2D eigenvalue weighted by atomic mass is 16.5. The fraction of sp³-hybridized carbons (Fsp3) is 0.647. The maximum atomic E-state index is 5.23. The maximum absolute atomic E-state index is 5.23. The summed E-state index contributed by atoms with van der Waals surface area (Å²) in [5, 5.41) is 3.43. The lowest BCUT2D eigenvalue weighted by Gasteiger charge is -2.26. The number of rotatable bonds is 7. The number of hydrogen-bond acceptors (Lipinski definition) is 2. The molecule has 1 aromatic rings. The second-order valence-electron chi connectivity index (χ2n) is 5.93. The Kier molecular flexibility index (Phi) is 5.41. The normalized spacial score (nSPS) is 18.9. The molecule has 106 valence electrons. The van der Waals surface area contributed by atoms with Crippen LogP contribution in [0.15, 0.2) is 24.3 Å². The summed E-state index contributed by atoms with van der Waals surface area (Å²) in [6.07, 6.45) is 5.27. The van der Waals surface area contributed by atoms with Crippen molar-refractivity contribution in [3.63, 3.8) is 0 Å². The van der Waals surface area contributed by atoms with Gasteiger partial charge in [0.25, 0.3) is 0 Å². The first-order valence-electron chi connectivity index (χ1n) is 7.50. The van der Waals surface area contributed by atoms with Gasteiger partial charge in [0.05, 0.1) is 0 Å². The molecule has 2 heteroatoms. The second-order valence-corrected chi connectivity index (χ2v) is 5.93. The molecule has 0 bridgehead atoms. The second kappa shape index (κ2) is 7.06. The minimum Gasteiger partial charge on any atom is -0.384 e. The molecular weight excluding hydrogens is 234 g/mol. The topological polar surface area (TPSA) is 21.3 Å². The van der Waals surface area contributed by atoms with Crippen molar-refractivity contribution in [2.24, 2.45) is 5.92 Å². The van der Waals surface area contributed by atoms with E-state index in [-0.39, 0.29) is 0 Å². The van der Waals surface area contributed by atoms with Crippen molar-refractivity contribution in [2.45, 2.75) is 44.6 Å². The first kappa shape index (κ1) is 14.5. The molecule has 1 aliphatic carbocycles. The van der Waals surface area contributed by atoms with Gasteiger partial charge in [-0.25, -0.2) is 0 Å². The molecule has 1 N–H and O–H groups in total. The van der Waals surface area contributed by atoms with Gasteiger partial charge >= 0.3 is 0 Å².